The number of nitrogens with two attached hydrogens (primary N) is 1. The van der Waals surface area contributed by atoms with Crippen LogP contribution >= 0.6 is 0 Å². The number of carbonyl (C=O) groups excluding carboxylic acids is 1. The normalized spacial score (nSPS) is 10.8. The Hall–Kier alpha value is -1.51. The molecule has 0 bridgehead atoms. The van der Waals surface area contributed by atoms with Crippen molar-refractivity contribution >= 4 is 11.6 Å². The molecule has 118 valence electrons. The molecule has 1 amide bonds. The Labute approximate surface area is 129 Å². The molecule has 0 aliphatic carbocycles. The second-order valence-corrected chi connectivity index (χ2v) is 6.19. The summed E-state index contributed by atoms with van der Waals surface area (Å²) in [7, 11) is 0. The lowest BCUT2D eigenvalue weighted by Crippen LogP contribution is -2.24. The summed E-state index contributed by atoms with van der Waals surface area (Å²) in [5.74, 6) is 0.941. The van der Waals surface area contributed by atoms with E-state index in [0.29, 0.717) is 6.42 Å². The minimum absolute atomic E-state index is 0.139. The lowest BCUT2D eigenvalue weighted by molar-refractivity contribution is -0.121. The number of amides is 1. The van der Waals surface area contributed by atoms with Gasteiger partial charge in [0.2, 0.25) is 5.91 Å². The van der Waals surface area contributed by atoms with Crippen LogP contribution in [-0.4, -0.2) is 12.5 Å². The molecule has 3 heteroatoms. The highest BCUT2D eigenvalue weighted by atomic mass is 16.1. The fourth-order valence-corrected chi connectivity index (χ4v) is 2.35. The van der Waals surface area contributed by atoms with Gasteiger partial charge >= 0.3 is 0 Å². The molecule has 3 nitrogen and oxygen atoms in total. The average Bonchev–Trinajstić information content (AvgIpc) is 2.44. The zero-order chi connectivity index (χ0) is 15.5. The van der Waals surface area contributed by atoms with Gasteiger partial charge in [-0.15, -0.1) is 0 Å². The molecule has 0 aromatic heterocycles. The van der Waals surface area contributed by atoms with E-state index in [1.807, 2.05) is 24.3 Å². The minimum Gasteiger partial charge on any atom is -0.399 e. The molecule has 0 heterocycles. The maximum absolute atomic E-state index is 11.7. The monoisotopic (exact) mass is 290 g/mol. The van der Waals surface area contributed by atoms with Crippen molar-refractivity contribution < 1.29 is 4.79 Å². The van der Waals surface area contributed by atoms with Gasteiger partial charge < -0.3 is 11.1 Å². The third-order valence-corrected chi connectivity index (χ3v) is 3.62. The molecule has 0 atom stereocenters. The van der Waals surface area contributed by atoms with Gasteiger partial charge in [0.05, 0.1) is 0 Å². The van der Waals surface area contributed by atoms with Crippen molar-refractivity contribution in [2.75, 3.05) is 12.3 Å². The minimum atomic E-state index is 0.139. The number of rotatable bonds is 10. The fraction of sp³-hybridized carbons (Fsp3) is 0.611. The fourth-order valence-electron chi connectivity index (χ4n) is 2.35. The van der Waals surface area contributed by atoms with Crippen molar-refractivity contribution in [1.82, 2.24) is 5.32 Å². The van der Waals surface area contributed by atoms with E-state index < -0.39 is 0 Å². The van der Waals surface area contributed by atoms with Crippen molar-refractivity contribution in [3.8, 4) is 0 Å². The molecular formula is C18H30N2O. The molecule has 1 rings (SSSR count). The van der Waals surface area contributed by atoms with Crippen molar-refractivity contribution in [3.63, 3.8) is 0 Å². The summed E-state index contributed by atoms with van der Waals surface area (Å²) in [5.41, 5.74) is 7.60. The Morgan fingerprint density at radius 2 is 1.95 bits per heavy atom. The Kier molecular flexibility index (Phi) is 8.56. The molecular weight excluding hydrogens is 260 g/mol. The second kappa shape index (κ2) is 10.3. The number of aryl methyl sites for hydroxylation is 1. The maximum atomic E-state index is 11.7. The third kappa shape index (κ3) is 9.11. The molecule has 0 spiro atoms. The first-order chi connectivity index (χ1) is 10.1. The summed E-state index contributed by atoms with van der Waals surface area (Å²) in [5, 5.41) is 3.00. The zero-order valence-corrected chi connectivity index (χ0v) is 13.5. The molecule has 0 saturated heterocycles. The van der Waals surface area contributed by atoms with Crippen molar-refractivity contribution in [3.05, 3.63) is 29.8 Å². The Morgan fingerprint density at radius 1 is 1.19 bits per heavy atom. The van der Waals surface area contributed by atoms with Gasteiger partial charge in [0, 0.05) is 18.7 Å². The van der Waals surface area contributed by atoms with Crippen LogP contribution in [0.5, 0.6) is 0 Å². The number of hydrogen-bond donors (Lipinski definition) is 2. The van der Waals surface area contributed by atoms with E-state index in [4.69, 9.17) is 5.73 Å². The first-order valence-corrected chi connectivity index (χ1v) is 8.19. The van der Waals surface area contributed by atoms with Gasteiger partial charge in [-0.05, 0) is 36.5 Å². The largest absolute Gasteiger partial charge is 0.399 e. The van der Waals surface area contributed by atoms with E-state index in [9.17, 15) is 4.79 Å². The van der Waals surface area contributed by atoms with Gasteiger partial charge in [-0.1, -0.05) is 51.7 Å². The first-order valence-electron chi connectivity index (χ1n) is 8.19. The Bertz CT molecular complexity index is 415. The quantitative estimate of drug-likeness (QED) is 0.507. The summed E-state index contributed by atoms with van der Waals surface area (Å²) < 4.78 is 0. The van der Waals surface area contributed by atoms with E-state index >= 15 is 0 Å². The van der Waals surface area contributed by atoms with E-state index in [-0.39, 0.29) is 5.91 Å². The summed E-state index contributed by atoms with van der Waals surface area (Å²) in [6.07, 6.45) is 7.48. The highest BCUT2D eigenvalue weighted by molar-refractivity contribution is 5.76. The Morgan fingerprint density at radius 3 is 2.67 bits per heavy atom. The predicted molar refractivity (Wildman–Crippen MR) is 90.1 cm³/mol. The number of unbranched alkanes of at least 4 members (excludes halogenated alkanes) is 3. The molecule has 0 unspecified atom stereocenters. The topological polar surface area (TPSA) is 55.1 Å². The molecule has 0 saturated carbocycles. The highest BCUT2D eigenvalue weighted by Gasteiger charge is 2.02. The predicted octanol–water partition coefficient (Wildman–Crippen LogP) is 3.92. The van der Waals surface area contributed by atoms with Crippen LogP contribution in [0.4, 0.5) is 5.69 Å². The number of anilines is 1. The molecule has 0 aliphatic heterocycles. The van der Waals surface area contributed by atoms with Crippen molar-refractivity contribution in [1.29, 1.82) is 0 Å². The van der Waals surface area contributed by atoms with E-state index in [1.54, 1.807) is 0 Å². The number of nitrogens with one attached hydrogen (secondary N) is 1. The van der Waals surface area contributed by atoms with Crippen LogP contribution in [-0.2, 0) is 11.2 Å². The van der Waals surface area contributed by atoms with Gasteiger partial charge in [0.15, 0.2) is 0 Å². The standard InChI is InChI=1S/C18H30N2O/c1-15(2)8-5-3-4-6-13-20-18(21)12-11-16-9-7-10-17(19)14-16/h7,9-10,14-15H,3-6,8,11-13,19H2,1-2H3,(H,20,21). The van der Waals surface area contributed by atoms with Crippen LogP contribution in [0, 0.1) is 5.92 Å². The van der Waals surface area contributed by atoms with Gasteiger partial charge in [0.1, 0.15) is 0 Å². The molecule has 0 radical (unpaired) electrons. The second-order valence-electron chi connectivity index (χ2n) is 6.19. The molecule has 0 aliphatic rings. The van der Waals surface area contributed by atoms with Crippen LogP contribution in [0.3, 0.4) is 0 Å². The lowest BCUT2D eigenvalue weighted by atomic mass is 10.0. The van der Waals surface area contributed by atoms with Crippen molar-refractivity contribution in [2.45, 2.75) is 58.8 Å². The molecule has 0 fully saturated rings. The average molecular weight is 290 g/mol. The van der Waals surface area contributed by atoms with E-state index in [2.05, 4.69) is 19.2 Å². The number of hydrogen-bond acceptors (Lipinski definition) is 2. The molecule has 1 aromatic rings. The number of benzene rings is 1. The molecule has 21 heavy (non-hydrogen) atoms. The summed E-state index contributed by atoms with van der Waals surface area (Å²) in [4.78, 5) is 11.7. The summed E-state index contributed by atoms with van der Waals surface area (Å²) >= 11 is 0. The van der Waals surface area contributed by atoms with Crippen LogP contribution < -0.4 is 11.1 Å². The first kappa shape index (κ1) is 17.5. The van der Waals surface area contributed by atoms with E-state index in [1.165, 1.54) is 25.7 Å². The summed E-state index contributed by atoms with van der Waals surface area (Å²) in [6, 6.07) is 7.74. The smallest absolute Gasteiger partial charge is 0.220 e. The van der Waals surface area contributed by atoms with Gasteiger partial charge in [-0.25, -0.2) is 0 Å². The maximum Gasteiger partial charge on any atom is 0.220 e. The molecule has 3 N–H and O–H groups in total. The van der Waals surface area contributed by atoms with Gasteiger partial charge in [-0.3, -0.25) is 4.79 Å². The summed E-state index contributed by atoms with van der Waals surface area (Å²) in [6.45, 7) is 5.33. The van der Waals surface area contributed by atoms with Crippen LogP contribution in [0.25, 0.3) is 0 Å². The number of carbonyl (C=O) groups is 1. The molecule has 1 aromatic carbocycles. The lowest BCUT2D eigenvalue weighted by Gasteiger charge is -2.07. The Balaban J connectivity index is 2.01. The van der Waals surface area contributed by atoms with Gasteiger partial charge in [0.25, 0.3) is 0 Å². The zero-order valence-electron chi connectivity index (χ0n) is 13.5. The van der Waals surface area contributed by atoms with Crippen LogP contribution in [0.2, 0.25) is 0 Å². The van der Waals surface area contributed by atoms with Crippen LogP contribution in [0.15, 0.2) is 24.3 Å². The number of nitrogen functional groups attached to an aromatic ring is 1. The van der Waals surface area contributed by atoms with Crippen LogP contribution in [0.1, 0.15) is 57.9 Å². The van der Waals surface area contributed by atoms with Gasteiger partial charge in [-0.2, -0.15) is 0 Å². The van der Waals surface area contributed by atoms with E-state index in [0.717, 1.165) is 36.6 Å². The highest BCUT2D eigenvalue weighted by Crippen LogP contribution is 2.10. The SMILES string of the molecule is CC(C)CCCCCCNC(=O)CCc1cccc(N)c1. The van der Waals surface area contributed by atoms with Crippen molar-refractivity contribution in [2.24, 2.45) is 5.92 Å². The third-order valence-electron chi connectivity index (χ3n) is 3.62.